The fourth-order valence-corrected chi connectivity index (χ4v) is 4.22. The Bertz CT molecular complexity index is 877. The van der Waals surface area contributed by atoms with Gasteiger partial charge in [-0.15, -0.1) is 0 Å². The maximum Gasteiger partial charge on any atom is 0.341 e. The van der Waals surface area contributed by atoms with E-state index in [4.69, 9.17) is 13.9 Å². The van der Waals surface area contributed by atoms with Gasteiger partial charge in [-0.1, -0.05) is 0 Å². The predicted octanol–water partition coefficient (Wildman–Crippen LogP) is 2.90. The zero-order valence-corrected chi connectivity index (χ0v) is 16.3. The van der Waals surface area contributed by atoms with Crippen LogP contribution in [-0.2, 0) is 21.3 Å². The van der Waals surface area contributed by atoms with Crippen molar-refractivity contribution in [3.8, 4) is 5.75 Å². The second kappa shape index (κ2) is 7.92. The van der Waals surface area contributed by atoms with Crippen LogP contribution in [0.25, 0.3) is 0 Å². The molecule has 0 saturated heterocycles. The zero-order valence-electron chi connectivity index (χ0n) is 15.5. The van der Waals surface area contributed by atoms with E-state index >= 15 is 0 Å². The SMILES string of the molecule is CCOC(=O)c1coc(CN(C)S(=O)(=O)c2c(C)cc(OC)cc2C)c1. The molecule has 0 radical (unpaired) electrons. The van der Waals surface area contributed by atoms with Crippen LogP contribution in [0, 0.1) is 13.8 Å². The molecule has 0 aliphatic rings. The molecule has 0 fully saturated rings. The number of benzene rings is 1. The monoisotopic (exact) mass is 381 g/mol. The van der Waals surface area contributed by atoms with Crippen LogP contribution in [0.4, 0.5) is 0 Å². The van der Waals surface area contributed by atoms with E-state index in [0.29, 0.717) is 22.6 Å². The molecule has 7 nitrogen and oxygen atoms in total. The van der Waals surface area contributed by atoms with Gasteiger partial charge in [-0.05, 0) is 50.1 Å². The number of aryl methyl sites for hydroxylation is 2. The first kappa shape index (κ1) is 20.0. The molecule has 0 aliphatic carbocycles. The zero-order chi connectivity index (χ0) is 19.5. The predicted molar refractivity (Wildman–Crippen MR) is 95.8 cm³/mol. The molecule has 26 heavy (non-hydrogen) atoms. The highest BCUT2D eigenvalue weighted by atomic mass is 32.2. The second-order valence-corrected chi connectivity index (χ2v) is 7.86. The van der Waals surface area contributed by atoms with Gasteiger partial charge in [0.2, 0.25) is 10.0 Å². The van der Waals surface area contributed by atoms with Gasteiger partial charge in [-0.3, -0.25) is 0 Å². The Morgan fingerprint density at radius 2 is 1.81 bits per heavy atom. The fraction of sp³-hybridized carbons (Fsp3) is 0.389. The van der Waals surface area contributed by atoms with Crippen LogP contribution in [-0.4, -0.2) is 39.5 Å². The number of furan rings is 1. The summed E-state index contributed by atoms with van der Waals surface area (Å²) in [6, 6.07) is 4.84. The first-order chi connectivity index (χ1) is 12.2. The van der Waals surface area contributed by atoms with Crippen molar-refractivity contribution in [1.82, 2.24) is 4.31 Å². The van der Waals surface area contributed by atoms with E-state index in [1.807, 2.05) is 0 Å². The van der Waals surface area contributed by atoms with Gasteiger partial charge in [0.25, 0.3) is 0 Å². The quantitative estimate of drug-likeness (QED) is 0.686. The molecule has 0 saturated carbocycles. The number of esters is 1. The molecule has 8 heteroatoms. The molecule has 0 spiro atoms. The molecule has 0 atom stereocenters. The minimum absolute atomic E-state index is 0.00729. The summed E-state index contributed by atoms with van der Waals surface area (Å²) in [5, 5.41) is 0. The van der Waals surface area contributed by atoms with E-state index in [2.05, 4.69) is 0 Å². The minimum Gasteiger partial charge on any atom is -0.497 e. The summed E-state index contributed by atoms with van der Waals surface area (Å²) in [6.45, 7) is 5.40. The second-order valence-electron chi connectivity index (χ2n) is 5.87. The van der Waals surface area contributed by atoms with Gasteiger partial charge < -0.3 is 13.9 Å². The van der Waals surface area contributed by atoms with E-state index in [9.17, 15) is 13.2 Å². The highest BCUT2D eigenvalue weighted by Crippen LogP contribution is 2.28. The lowest BCUT2D eigenvalue weighted by Gasteiger charge is -2.19. The number of sulfonamides is 1. The van der Waals surface area contributed by atoms with Crippen molar-refractivity contribution in [3.05, 3.63) is 46.9 Å². The van der Waals surface area contributed by atoms with E-state index in [1.165, 1.54) is 30.8 Å². The van der Waals surface area contributed by atoms with Crippen LogP contribution < -0.4 is 4.74 Å². The number of carbonyl (C=O) groups is 1. The van der Waals surface area contributed by atoms with Gasteiger partial charge in [-0.25, -0.2) is 13.2 Å². The smallest absolute Gasteiger partial charge is 0.341 e. The van der Waals surface area contributed by atoms with Crippen LogP contribution in [0.1, 0.15) is 34.2 Å². The summed E-state index contributed by atoms with van der Waals surface area (Å²) in [7, 11) is -0.746. The maximum atomic E-state index is 13.0. The third-order valence-electron chi connectivity index (χ3n) is 3.88. The Labute approximate surface area is 153 Å². The highest BCUT2D eigenvalue weighted by molar-refractivity contribution is 7.89. The van der Waals surface area contributed by atoms with Crippen LogP contribution in [0.3, 0.4) is 0 Å². The number of methoxy groups -OCH3 is 1. The standard InChI is InChI=1S/C18H23NO6S/c1-6-24-18(20)14-9-16(25-11-14)10-19(4)26(21,22)17-12(2)7-15(23-5)8-13(17)3/h7-9,11H,6,10H2,1-5H3. The summed E-state index contributed by atoms with van der Waals surface area (Å²) in [4.78, 5) is 11.9. The molecule has 142 valence electrons. The molecule has 1 heterocycles. The van der Waals surface area contributed by atoms with Crippen molar-refractivity contribution in [2.24, 2.45) is 0 Å². The third kappa shape index (κ3) is 4.08. The summed E-state index contributed by atoms with van der Waals surface area (Å²) < 4.78 is 42.5. The molecule has 0 amide bonds. The molecular weight excluding hydrogens is 358 g/mol. The first-order valence-electron chi connectivity index (χ1n) is 8.06. The Balaban J connectivity index is 2.26. The molecule has 0 bridgehead atoms. The number of nitrogens with zero attached hydrogens (tertiary/aromatic N) is 1. The van der Waals surface area contributed by atoms with Crippen molar-refractivity contribution >= 4 is 16.0 Å². The van der Waals surface area contributed by atoms with E-state index < -0.39 is 16.0 Å². The van der Waals surface area contributed by atoms with Gasteiger partial charge >= 0.3 is 5.97 Å². The van der Waals surface area contributed by atoms with Gasteiger partial charge in [-0.2, -0.15) is 4.31 Å². The number of hydrogen-bond acceptors (Lipinski definition) is 6. The summed E-state index contributed by atoms with van der Waals surface area (Å²) in [5.41, 5.74) is 1.45. The first-order valence-corrected chi connectivity index (χ1v) is 9.50. The van der Waals surface area contributed by atoms with Crippen molar-refractivity contribution in [2.45, 2.75) is 32.2 Å². The molecule has 2 rings (SSSR count). The Morgan fingerprint density at radius 3 is 2.35 bits per heavy atom. The largest absolute Gasteiger partial charge is 0.497 e. The average Bonchev–Trinajstić information content (AvgIpc) is 3.02. The van der Waals surface area contributed by atoms with Crippen LogP contribution in [0.5, 0.6) is 5.75 Å². The Morgan fingerprint density at radius 1 is 1.19 bits per heavy atom. The van der Waals surface area contributed by atoms with Crippen molar-refractivity contribution < 1.29 is 27.1 Å². The average molecular weight is 381 g/mol. The molecule has 0 N–H and O–H groups in total. The number of hydrogen-bond donors (Lipinski definition) is 0. The van der Waals surface area contributed by atoms with Crippen molar-refractivity contribution in [3.63, 3.8) is 0 Å². The molecule has 2 aromatic rings. The van der Waals surface area contributed by atoms with E-state index in [1.54, 1.807) is 32.9 Å². The topological polar surface area (TPSA) is 86.0 Å². The highest BCUT2D eigenvalue weighted by Gasteiger charge is 2.26. The Kier molecular flexibility index (Phi) is 6.09. The Hall–Kier alpha value is -2.32. The molecule has 0 unspecified atom stereocenters. The molecule has 1 aromatic heterocycles. The van der Waals surface area contributed by atoms with Crippen molar-refractivity contribution in [1.29, 1.82) is 0 Å². The summed E-state index contributed by atoms with van der Waals surface area (Å²) >= 11 is 0. The molecular formula is C18H23NO6S. The van der Waals surface area contributed by atoms with Crippen molar-refractivity contribution in [2.75, 3.05) is 20.8 Å². The van der Waals surface area contributed by atoms with Gasteiger partial charge in [0.15, 0.2) is 0 Å². The van der Waals surface area contributed by atoms with Crippen LogP contribution >= 0.6 is 0 Å². The van der Waals surface area contributed by atoms with Gasteiger partial charge in [0.05, 0.1) is 30.7 Å². The minimum atomic E-state index is -3.74. The van der Waals surface area contributed by atoms with Gasteiger partial charge in [0.1, 0.15) is 17.8 Å². The van der Waals surface area contributed by atoms with Gasteiger partial charge in [0, 0.05) is 7.05 Å². The lowest BCUT2D eigenvalue weighted by atomic mass is 10.1. The summed E-state index contributed by atoms with van der Waals surface area (Å²) in [6.07, 6.45) is 1.26. The summed E-state index contributed by atoms with van der Waals surface area (Å²) in [5.74, 6) is 0.449. The van der Waals surface area contributed by atoms with Crippen LogP contribution in [0.15, 0.2) is 33.8 Å². The lowest BCUT2D eigenvalue weighted by Crippen LogP contribution is -2.27. The number of rotatable bonds is 7. The van der Waals surface area contributed by atoms with E-state index in [-0.39, 0.29) is 23.6 Å². The molecule has 0 aliphatic heterocycles. The van der Waals surface area contributed by atoms with E-state index in [0.717, 1.165) is 0 Å². The van der Waals surface area contributed by atoms with Crippen LogP contribution in [0.2, 0.25) is 0 Å². The third-order valence-corrected chi connectivity index (χ3v) is 5.99. The fourth-order valence-electron chi connectivity index (χ4n) is 2.68. The lowest BCUT2D eigenvalue weighted by molar-refractivity contribution is 0.0525. The number of ether oxygens (including phenoxy) is 2. The molecule has 1 aromatic carbocycles. The number of carbonyl (C=O) groups excluding carboxylic acids is 1. The normalized spacial score (nSPS) is 11.6. The maximum absolute atomic E-state index is 13.0.